The van der Waals surface area contributed by atoms with Gasteiger partial charge in [-0.3, -0.25) is 4.90 Å². The van der Waals surface area contributed by atoms with Crippen molar-refractivity contribution in [1.82, 2.24) is 15.2 Å². The Morgan fingerprint density at radius 3 is 2.94 bits per heavy atom. The Kier molecular flexibility index (Phi) is 3.85. The van der Waals surface area contributed by atoms with E-state index in [4.69, 9.17) is 0 Å². The van der Waals surface area contributed by atoms with Crippen LogP contribution in [0.3, 0.4) is 0 Å². The fourth-order valence-corrected chi connectivity index (χ4v) is 3.29. The van der Waals surface area contributed by atoms with Gasteiger partial charge in [0.15, 0.2) is 0 Å². The summed E-state index contributed by atoms with van der Waals surface area (Å²) in [4.78, 5) is 7.17. The van der Waals surface area contributed by atoms with Gasteiger partial charge in [-0.1, -0.05) is 0 Å². The summed E-state index contributed by atoms with van der Waals surface area (Å²) in [6.07, 6.45) is 1.22. The predicted molar refractivity (Wildman–Crippen MR) is 73.5 cm³/mol. The standard InChI is InChI=1S/C13H23N3S/c1-10-8-17-12(15-10)11(2)16-7-5-6-14-13(3,4)9-16/h8,11,14H,5-7,9H2,1-4H3. The van der Waals surface area contributed by atoms with Crippen LogP contribution in [0, 0.1) is 6.92 Å². The van der Waals surface area contributed by atoms with Crippen molar-refractivity contribution in [3.05, 3.63) is 16.1 Å². The zero-order chi connectivity index (χ0) is 12.5. The minimum atomic E-state index is 0.205. The van der Waals surface area contributed by atoms with E-state index in [1.165, 1.54) is 11.4 Å². The van der Waals surface area contributed by atoms with Crippen molar-refractivity contribution in [3.8, 4) is 0 Å². The fourth-order valence-electron chi connectivity index (χ4n) is 2.40. The molecule has 17 heavy (non-hydrogen) atoms. The van der Waals surface area contributed by atoms with E-state index in [0.29, 0.717) is 6.04 Å². The number of hydrogen-bond acceptors (Lipinski definition) is 4. The van der Waals surface area contributed by atoms with E-state index in [1.54, 1.807) is 11.3 Å². The first kappa shape index (κ1) is 13.0. The summed E-state index contributed by atoms with van der Waals surface area (Å²) in [7, 11) is 0. The molecule has 1 fully saturated rings. The SMILES string of the molecule is Cc1csc(C(C)N2CCCNC(C)(C)C2)n1. The number of hydrogen-bond donors (Lipinski definition) is 1. The maximum atomic E-state index is 4.62. The normalized spacial score (nSPS) is 23.3. The third-order valence-electron chi connectivity index (χ3n) is 3.37. The smallest absolute Gasteiger partial charge is 0.110 e. The Morgan fingerprint density at radius 2 is 2.29 bits per heavy atom. The van der Waals surface area contributed by atoms with E-state index in [1.807, 2.05) is 0 Å². The molecule has 0 aromatic carbocycles. The lowest BCUT2D eigenvalue weighted by Crippen LogP contribution is -2.46. The topological polar surface area (TPSA) is 28.2 Å². The second-order valence-corrected chi connectivity index (χ2v) is 6.53. The molecule has 1 saturated heterocycles. The molecular weight excluding hydrogens is 230 g/mol. The van der Waals surface area contributed by atoms with Crippen molar-refractivity contribution >= 4 is 11.3 Å². The molecular formula is C13H23N3S. The lowest BCUT2D eigenvalue weighted by Gasteiger charge is -2.33. The number of rotatable bonds is 2. The highest BCUT2D eigenvalue weighted by atomic mass is 32.1. The molecule has 1 unspecified atom stereocenters. The van der Waals surface area contributed by atoms with Gasteiger partial charge in [-0.25, -0.2) is 4.98 Å². The van der Waals surface area contributed by atoms with E-state index in [-0.39, 0.29) is 5.54 Å². The van der Waals surface area contributed by atoms with Crippen LogP contribution in [0.4, 0.5) is 0 Å². The monoisotopic (exact) mass is 253 g/mol. The van der Waals surface area contributed by atoms with Crippen LogP contribution >= 0.6 is 11.3 Å². The van der Waals surface area contributed by atoms with E-state index in [2.05, 4.69) is 48.3 Å². The molecule has 1 aromatic rings. The molecule has 4 heteroatoms. The molecule has 1 aliphatic rings. The van der Waals surface area contributed by atoms with Crippen LogP contribution in [-0.4, -0.2) is 35.1 Å². The summed E-state index contributed by atoms with van der Waals surface area (Å²) >= 11 is 1.79. The Bertz CT molecular complexity index is 372. The first-order chi connectivity index (χ1) is 7.98. The second-order valence-electron chi connectivity index (χ2n) is 5.64. The molecule has 0 amide bonds. The summed E-state index contributed by atoms with van der Waals surface area (Å²) in [5.41, 5.74) is 1.35. The molecule has 0 spiro atoms. The summed E-state index contributed by atoms with van der Waals surface area (Å²) in [6.45, 7) is 12.3. The number of nitrogens with zero attached hydrogens (tertiary/aromatic N) is 2. The lowest BCUT2D eigenvalue weighted by molar-refractivity contribution is 0.180. The largest absolute Gasteiger partial charge is 0.310 e. The molecule has 0 saturated carbocycles. The zero-order valence-corrected chi connectivity index (χ0v) is 12.1. The van der Waals surface area contributed by atoms with Gasteiger partial charge in [0.2, 0.25) is 0 Å². The van der Waals surface area contributed by atoms with E-state index in [0.717, 1.165) is 25.3 Å². The molecule has 2 heterocycles. The third kappa shape index (κ3) is 3.27. The summed E-state index contributed by atoms with van der Waals surface area (Å²) < 4.78 is 0. The first-order valence-corrected chi connectivity index (χ1v) is 7.27. The fraction of sp³-hybridized carbons (Fsp3) is 0.769. The van der Waals surface area contributed by atoms with Crippen molar-refractivity contribution in [2.24, 2.45) is 0 Å². The number of aromatic nitrogens is 1. The van der Waals surface area contributed by atoms with Gasteiger partial charge < -0.3 is 5.32 Å². The maximum absolute atomic E-state index is 4.62. The van der Waals surface area contributed by atoms with Crippen molar-refractivity contribution in [2.45, 2.75) is 45.7 Å². The number of thiazole rings is 1. The van der Waals surface area contributed by atoms with E-state index >= 15 is 0 Å². The highest BCUT2D eigenvalue weighted by molar-refractivity contribution is 7.09. The van der Waals surface area contributed by atoms with E-state index < -0.39 is 0 Å². The van der Waals surface area contributed by atoms with Gasteiger partial charge in [0, 0.05) is 29.7 Å². The van der Waals surface area contributed by atoms with Gasteiger partial charge >= 0.3 is 0 Å². The van der Waals surface area contributed by atoms with Crippen molar-refractivity contribution < 1.29 is 0 Å². The molecule has 3 nitrogen and oxygen atoms in total. The number of aryl methyl sites for hydroxylation is 1. The van der Waals surface area contributed by atoms with Crippen LogP contribution in [0.5, 0.6) is 0 Å². The average molecular weight is 253 g/mol. The highest BCUT2D eigenvalue weighted by Crippen LogP contribution is 2.26. The maximum Gasteiger partial charge on any atom is 0.110 e. The van der Waals surface area contributed by atoms with Gasteiger partial charge in [0.05, 0.1) is 6.04 Å². The summed E-state index contributed by atoms with van der Waals surface area (Å²) in [5, 5.41) is 7.00. The van der Waals surface area contributed by atoms with Gasteiger partial charge in [0.25, 0.3) is 0 Å². The molecule has 1 aromatic heterocycles. The minimum Gasteiger partial charge on any atom is -0.310 e. The van der Waals surface area contributed by atoms with Crippen molar-refractivity contribution in [3.63, 3.8) is 0 Å². The molecule has 0 bridgehead atoms. The van der Waals surface area contributed by atoms with E-state index in [9.17, 15) is 0 Å². The molecule has 2 rings (SSSR count). The van der Waals surface area contributed by atoms with Crippen LogP contribution < -0.4 is 5.32 Å². The average Bonchev–Trinajstić information content (AvgIpc) is 2.59. The zero-order valence-electron chi connectivity index (χ0n) is 11.3. The van der Waals surface area contributed by atoms with Crippen LogP contribution in [-0.2, 0) is 0 Å². The summed E-state index contributed by atoms with van der Waals surface area (Å²) in [5.74, 6) is 0. The third-order valence-corrected chi connectivity index (χ3v) is 4.50. The summed E-state index contributed by atoms with van der Waals surface area (Å²) in [6, 6.07) is 0.438. The Morgan fingerprint density at radius 1 is 1.53 bits per heavy atom. The first-order valence-electron chi connectivity index (χ1n) is 6.39. The highest BCUT2D eigenvalue weighted by Gasteiger charge is 2.28. The predicted octanol–water partition coefficient (Wildman–Crippen LogP) is 2.59. The molecule has 0 radical (unpaired) electrons. The molecule has 1 N–H and O–H groups in total. The molecule has 1 atom stereocenters. The number of nitrogens with one attached hydrogen (secondary N) is 1. The van der Waals surface area contributed by atoms with Crippen LogP contribution in [0.1, 0.15) is 43.9 Å². The lowest BCUT2D eigenvalue weighted by atomic mass is 10.0. The molecule has 96 valence electrons. The quantitative estimate of drug-likeness (QED) is 0.878. The Hall–Kier alpha value is -0.450. The van der Waals surface area contributed by atoms with Crippen LogP contribution in [0.15, 0.2) is 5.38 Å². The second kappa shape index (κ2) is 5.04. The van der Waals surface area contributed by atoms with Crippen LogP contribution in [0.25, 0.3) is 0 Å². The minimum absolute atomic E-state index is 0.205. The van der Waals surface area contributed by atoms with Crippen LogP contribution in [0.2, 0.25) is 0 Å². The van der Waals surface area contributed by atoms with Crippen molar-refractivity contribution in [1.29, 1.82) is 0 Å². The Labute approximate surface area is 108 Å². The molecule has 1 aliphatic heterocycles. The molecule has 0 aliphatic carbocycles. The van der Waals surface area contributed by atoms with Gasteiger partial charge in [-0.2, -0.15) is 0 Å². The van der Waals surface area contributed by atoms with Crippen molar-refractivity contribution in [2.75, 3.05) is 19.6 Å². The van der Waals surface area contributed by atoms with Gasteiger partial charge in [0.1, 0.15) is 5.01 Å². The van der Waals surface area contributed by atoms with Gasteiger partial charge in [-0.15, -0.1) is 11.3 Å². The van der Waals surface area contributed by atoms with Gasteiger partial charge in [-0.05, 0) is 40.7 Å². The Balaban J connectivity index is 2.10.